The minimum absolute atomic E-state index is 0.116. The fourth-order valence-corrected chi connectivity index (χ4v) is 6.79. The molecule has 0 aliphatic heterocycles. The largest absolute Gasteiger partial charge is 0.497 e. The smallest absolute Gasteiger partial charge is 0.164 e. The summed E-state index contributed by atoms with van der Waals surface area (Å²) in [5.41, 5.74) is 7.60. The zero-order valence-corrected chi connectivity index (χ0v) is 21.1. The summed E-state index contributed by atoms with van der Waals surface area (Å²) in [4.78, 5) is 0. The lowest BCUT2D eigenvalue weighted by Gasteiger charge is -2.35. The Morgan fingerprint density at radius 2 is 1.25 bits per heavy atom. The van der Waals surface area contributed by atoms with Gasteiger partial charge in [-0.25, -0.2) is 0 Å². The molecule has 4 aromatic rings. The predicted molar refractivity (Wildman–Crippen MR) is 141 cm³/mol. The Labute approximate surface area is 212 Å². The molecule has 0 fully saturated rings. The van der Waals surface area contributed by atoms with E-state index in [4.69, 9.17) is 18.9 Å². The summed E-state index contributed by atoms with van der Waals surface area (Å²) in [6.45, 7) is 0. The molecule has 182 valence electrons. The number of methoxy groups -OCH3 is 4. The van der Waals surface area contributed by atoms with Gasteiger partial charge in [-0.2, -0.15) is 0 Å². The molecule has 4 heteroatoms. The minimum atomic E-state index is -0.275. The highest BCUT2D eigenvalue weighted by atomic mass is 16.5. The summed E-state index contributed by atoms with van der Waals surface area (Å²) >= 11 is 0. The molecule has 6 rings (SSSR count). The van der Waals surface area contributed by atoms with Crippen LogP contribution in [0.1, 0.15) is 39.3 Å². The van der Waals surface area contributed by atoms with E-state index in [-0.39, 0.29) is 17.3 Å². The van der Waals surface area contributed by atoms with Crippen molar-refractivity contribution in [3.05, 3.63) is 118 Å². The van der Waals surface area contributed by atoms with E-state index in [2.05, 4.69) is 78.9 Å². The topological polar surface area (TPSA) is 36.9 Å². The zero-order valence-electron chi connectivity index (χ0n) is 21.1. The van der Waals surface area contributed by atoms with Gasteiger partial charge in [0.1, 0.15) is 11.5 Å². The van der Waals surface area contributed by atoms with Gasteiger partial charge >= 0.3 is 0 Å². The Morgan fingerprint density at radius 1 is 0.611 bits per heavy atom. The molecule has 36 heavy (non-hydrogen) atoms. The van der Waals surface area contributed by atoms with E-state index in [9.17, 15) is 0 Å². The van der Waals surface area contributed by atoms with E-state index < -0.39 is 0 Å². The number of benzene rings is 4. The quantitative estimate of drug-likeness (QED) is 0.323. The summed E-state index contributed by atoms with van der Waals surface area (Å²) in [5, 5.41) is 0. The van der Waals surface area contributed by atoms with E-state index >= 15 is 0 Å². The molecule has 2 aliphatic rings. The van der Waals surface area contributed by atoms with Crippen LogP contribution in [0, 0.1) is 5.92 Å². The van der Waals surface area contributed by atoms with Crippen LogP contribution in [-0.2, 0) is 11.8 Å². The SMILES string of the molecule is COc1ccc([C@@]23c4ccccc4C[C@@H]2C(c2cc(OC)c(OC)cc2OC)c2ccccc23)cc1. The molecular formula is C32H30O4. The first-order valence-corrected chi connectivity index (χ1v) is 12.3. The molecule has 4 nitrogen and oxygen atoms in total. The first kappa shape index (κ1) is 22.5. The van der Waals surface area contributed by atoms with Crippen molar-refractivity contribution in [1.82, 2.24) is 0 Å². The maximum atomic E-state index is 5.96. The standard InChI is InChI=1S/C32H30O4/c1-33-22-15-13-21(14-16-22)32-25-11-7-5-9-20(25)17-27(32)31(23-10-6-8-12-26(23)32)24-18-29(35-3)30(36-4)19-28(24)34-2/h5-16,18-19,27,31H,17H2,1-4H3/t27-,31?,32+/m1/s1. The fraction of sp³-hybridized carbons (Fsp3) is 0.250. The molecule has 0 spiro atoms. The predicted octanol–water partition coefficient (Wildman–Crippen LogP) is 6.37. The van der Waals surface area contributed by atoms with Gasteiger partial charge in [0.05, 0.1) is 28.4 Å². The Hall–Kier alpha value is -3.92. The van der Waals surface area contributed by atoms with Gasteiger partial charge < -0.3 is 18.9 Å². The van der Waals surface area contributed by atoms with Crippen LogP contribution < -0.4 is 18.9 Å². The summed E-state index contributed by atoms with van der Waals surface area (Å²) in [6.07, 6.45) is 0.971. The normalized spacial score (nSPS) is 21.3. The van der Waals surface area contributed by atoms with Crippen molar-refractivity contribution in [2.45, 2.75) is 17.8 Å². The summed E-state index contributed by atoms with van der Waals surface area (Å²) < 4.78 is 22.8. The molecule has 0 aromatic heterocycles. The van der Waals surface area contributed by atoms with Gasteiger partial charge in [0.25, 0.3) is 0 Å². The van der Waals surface area contributed by atoms with Crippen LogP contribution in [0.5, 0.6) is 23.0 Å². The summed E-state index contributed by atoms with van der Waals surface area (Å²) in [5.74, 6) is 3.44. The van der Waals surface area contributed by atoms with E-state index in [0.717, 1.165) is 23.5 Å². The van der Waals surface area contributed by atoms with Crippen LogP contribution in [0.3, 0.4) is 0 Å². The van der Waals surface area contributed by atoms with E-state index in [1.54, 1.807) is 28.4 Å². The zero-order chi connectivity index (χ0) is 24.9. The molecule has 1 unspecified atom stereocenters. The first-order chi connectivity index (χ1) is 17.7. The van der Waals surface area contributed by atoms with Crippen LogP contribution in [0.2, 0.25) is 0 Å². The lowest BCUT2D eigenvalue weighted by Crippen LogP contribution is -2.32. The Kier molecular flexibility index (Phi) is 5.40. The maximum absolute atomic E-state index is 5.96. The van der Waals surface area contributed by atoms with Gasteiger partial charge in [-0.3, -0.25) is 0 Å². The minimum Gasteiger partial charge on any atom is -0.497 e. The van der Waals surface area contributed by atoms with Crippen molar-refractivity contribution in [2.75, 3.05) is 28.4 Å². The third-order valence-electron chi connectivity index (χ3n) is 8.18. The summed E-state index contributed by atoms with van der Waals surface area (Å²) in [6, 6.07) is 30.5. The molecule has 4 aromatic carbocycles. The van der Waals surface area contributed by atoms with E-state index in [1.807, 2.05) is 6.07 Å². The highest BCUT2D eigenvalue weighted by Gasteiger charge is 2.58. The third-order valence-corrected chi connectivity index (χ3v) is 8.18. The molecule has 0 heterocycles. The lowest BCUT2D eigenvalue weighted by molar-refractivity contribution is 0.342. The van der Waals surface area contributed by atoms with E-state index in [1.165, 1.54) is 27.8 Å². The van der Waals surface area contributed by atoms with Crippen molar-refractivity contribution in [1.29, 1.82) is 0 Å². The van der Waals surface area contributed by atoms with Crippen molar-refractivity contribution in [2.24, 2.45) is 5.92 Å². The number of hydrogen-bond acceptors (Lipinski definition) is 4. The van der Waals surface area contributed by atoms with Crippen molar-refractivity contribution in [3.8, 4) is 23.0 Å². The van der Waals surface area contributed by atoms with Crippen molar-refractivity contribution in [3.63, 3.8) is 0 Å². The van der Waals surface area contributed by atoms with Gasteiger partial charge in [0, 0.05) is 23.0 Å². The van der Waals surface area contributed by atoms with Crippen LogP contribution >= 0.6 is 0 Å². The highest BCUT2D eigenvalue weighted by Crippen LogP contribution is 2.65. The number of hydrogen-bond donors (Lipinski definition) is 0. The Bertz CT molecular complexity index is 1420. The number of ether oxygens (including phenoxy) is 4. The number of rotatable bonds is 6. The number of fused-ring (bicyclic) bond motifs is 5. The second-order valence-electron chi connectivity index (χ2n) is 9.52. The molecular weight excluding hydrogens is 448 g/mol. The molecule has 0 radical (unpaired) electrons. The molecule has 0 N–H and O–H groups in total. The fourth-order valence-electron chi connectivity index (χ4n) is 6.79. The second kappa shape index (κ2) is 8.63. The van der Waals surface area contributed by atoms with Crippen molar-refractivity contribution < 1.29 is 18.9 Å². The molecule has 0 saturated carbocycles. The Morgan fingerprint density at radius 3 is 1.94 bits per heavy atom. The van der Waals surface area contributed by atoms with Gasteiger partial charge in [-0.05, 0) is 58.4 Å². The summed E-state index contributed by atoms with van der Waals surface area (Å²) in [7, 11) is 6.78. The molecule has 0 amide bonds. The van der Waals surface area contributed by atoms with Gasteiger partial charge in [-0.1, -0.05) is 60.7 Å². The van der Waals surface area contributed by atoms with Gasteiger partial charge in [0.2, 0.25) is 0 Å². The molecule has 0 saturated heterocycles. The van der Waals surface area contributed by atoms with Gasteiger partial charge in [-0.15, -0.1) is 0 Å². The highest BCUT2D eigenvalue weighted by molar-refractivity contribution is 5.68. The Balaban J connectivity index is 1.66. The first-order valence-electron chi connectivity index (χ1n) is 12.3. The third kappa shape index (κ3) is 3.00. The molecule has 3 atom stereocenters. The van der Waals surface area contributed by atoms with Crippen LogP contribution in [0.25, 0.3) is 0 Å². The van der Waals surface area contributed by atoms with Gasteiger partial charge in [0.15, 0.2) is 11.5 Å². The van der Waals surface area contributed by atoms with Crippen LogP contribution in [-0.4, -0.2) is 28.4 Å². The van der Waals surface area contributed by atoms with E-state index in [0.29, 0.717) is 11.5 Å². The molecule has 2 aliphatic carbocycles. The van der Waals surface area contributed by atoms with Crippen molar-refractivity contribution >= 4 is 0 Å². The molecule has 0 bridgehead atoms. The average molecular weight is 479 g/mol. The monoisotopic (exact) mass is 478 g/mol. The van der Waals surface area contributed by atoms with Crippen LogP contribution in [0.4, 0.5) is 0 Å². The average Bonchev–Trinajstić information content (AvgIpc) is 3.42. The maximum Gasteiger partial charge on any atom is 0.164 e. The van der Waals surface area contributed by atoms with Crippen LogP contribution in [0.15, 0.2) is 84.9 Å². The lowest BCUT2D eigenvalue weighted by atomic mass is 9.67. The second-order valence-corrected chi connectivity index (χ2v) is 9.52.